The van der Waals surface area contributed by atoms with Crippen LogP contribution in [0.5, 0.6) is 0 Å². The number of aliphatic hydroxyl groups is 1. The summed E-state index contributed by atoms with van der Waals surface area (Å²) in [5.74, 6) is -0.209. The average Bonchev–Trinajstić information content (AvgIpc) is 3.24. The maximum absolute atomic E-state index is 12.9. The summed E-state index contributed by atoms with van der Waals surface area (Å²) in [6, 6.07) is -0.895. The number of amides is 1. The van der Waals surface area contributed by atoms with E-state index in [0.29, 0.717) is 17.4 Å². The largest absolute Gasteiger partial charge is 0.756 e. The summed E-state index contributed by atoms with van der Waals surface area (Å²) in [6.07, 6.45) is 58.8. The first kappa shape index (κ1) is 61.5. The Bertz CT molecular complexity index is 1170. The highest BCUT2D eigenvalue weighted by molar-refractivity contribution is 7.45. The molecule has 0 fully saturated rings. The summed E-state index contributed by atoms with van der Waals surface area (Å²) in [7, 11) is 1.25. The SMILES string of the molecule is CCCCCCC/C=C\C/C=C\C/C=C\CCCCCCCCC(=O)NC(COP(=O)([O-])OCC[N+](C)(C)C)C(O)/C=C/CCCCCCCCCCCCCCCCCCCC. The molecule has 3 atom stereocenters. The highest BCUT2D eigenvalue weighted by Crippen LogP contribution is 2.38. The van der Waals surface area contributed by atoms with Crippen LogP contribution in [-0.2, 0) is 18.4 Å². The molecule has 0 aromatic rings. The van der Waals surface area contributed by atoms with Gasteiger partial charge in [-0.3, -0.25) is 9.36 Å². The van der Waals surface area contributed by atoms with Crippen molar-refractivity contribution in [1.29, 1.82) is 0 Å². The minimum atomic E-state index is -4.60. The van der Waals surface area contributed by atoms with Gasteiger partial charge in [-0.25, -0.2) is 0 Å². The summed E-state index contributed by atoms with van der Waals surface area (Å²) < 4.78 is 23.3. The van der Waals surface area contributed by atoms with E-state index in [2.05, 4.69) is 55.6 Å². The molecule has 8 nitrogen and oxygen atoms in total. The number of quaternary nitrogens is 1. The Labute approximate surface area is 390 Å². The van der Waals surface area contributed by atoms with Gasteiger partial charge < -0.3 is 28.8 Å². The number of nitrogens with zero attached hydrogens (tertiary/aromatic N) is 1. The number of aliphatic hydroxyl groups excluding tert-OH is 1. The molecule has 0 saturated carbocycles. The molecule has 0 aromatic carbocycles. The molecule has 0 aromatic heterocycles. The van der Waals surface area contributed by atoms with Crippen molar-refractivity contribution in [2.45, 2.75) is 251 Å². The van der Waals surface area contributed by atoms with E-state index in [1.807, 2.05) is 27.2 Å². The molecule has 0 aliphatic rings. The molecular weight excluding hydrogens is 804 g/mol. The monoisotopic (exact) mass is 907 g/mol. The Morgan fingerprint density at radius 1 is 0.556 bits per heavy atom. The zero-order valence-corrected chi connectivity index (χ0v) is 42.9. The van der Waals surface area contributed by atoms with Crippen LogP contribution in [0, 0.1) is 0 Å². The first-order valence-corrected chi connectivity index (χ1v) is 28.0. The predicted octanol–water partition coefficient (Wildman–Crippen LogP) is 15.0. The Hall–Kier alpha value is -1.54. The number of nitrogens with one attached hydrogen (secondary N) is 1. The van der Waals surface area contributed by atoms with E-state index in [1.54, 1.807) is 6.08 Å². The van der Waals surface area contributed by atoms with E-state index in [-0.39, 0.29) is 19.1 Å². The number of phosphoric ester groups is 1. The van der Waals surface area contributed by atoms with Gasteiger partial charge in [-0.1, -0.05) is 223 Å². The van der Waals surface area contributed by atoms with E-state index in [9.17, 15) is 19.4 Å². The minimum Gasteiger partial charge on any atom is -0.756 e. The molecule has 370 valence electrons. The Morgan fingerprint density at radius 3 is 1.33 bits per heavy atom. The number of hydrogen-bond donors (Lipinski definition) is 2. The number of unbranched alkanes of at least 4 members (excludes halogenated alkanes) is 29. The molecule has 0 bridgehead atoms. The van der Waals surface area contributed by atoms with Gasteiger partial charge in [0.15, 0.2) is 0 Å². The standard InChI is InChI=1S/C54H103N2O6P/c1-6-8-10-12-14-16-18-20-22-24-26-28-30-32-34-36-38-40-42-44-46-48-54(58)55-52(51-62-63(59,60)61-50-49-56(3,4)5)53(57)47-45-43-41-39-37-35-33-31-29-27-25-23-21-19-17-15-13-11-9-7-2/h18,20,24,26,30,32,45,47,52-53,57H,6-17,19,21-23,25,27-29,31,33-44,46,48-51H2,1-5H3,(H-,55,58,59,60)/b20-18-,26-24-,32-30-,47-45+. The second-order valence-electron chi connectivity index (χ2n) is 19.2. The topological polar surface area (TPSA) is 108 Å². The number of likely N-dealkylation sites (N-methyl/N-ethyl adjacent to an activating group) is 1. The maximum atomic E-state index is 12.9. The highest BCUT2D eigenvalue weighted by atomic mass is 31.2. The molecule has 63 heavy (non-hydrogen) atoms. The third kappa shape index (κ3) is 48.2. The molecule has 0 spiro atoms. The molecule has 1 amide bonds. The fourth-order valence-corrected chi connectivity index (χ4v) is 8.29. The van der Waals surface area contributed by atoms with Crippen molar-refractivity contribution in [2.24, 2.45) is 0 Å². The summed E-state index contributed by atoms with van der Waals surface area (Å²) >= 11 is 0. The molecule has 3 unspecified atom stereocenters. The van der Waals surface area contributed by atoms with Gasteiger partial charge in [0.1, 0.15) is 13.2 Å². The summed E-state index contributed by atoms with van der Waals surface area (Å²) in [5, 5.41) is 13.9. The lowest BCUT2D eigenvalue weighted by Gasteiger charge is -2.29. The van der Waals surface area contributed by atoms with Crippen molar-refractivity contribution in [3.8, 4) is 0 Å². The summed E-state index contributed by atoms with van der Waals surface area (Å²) in [6.45, 7) is 4.64. The second-order valence-corrected chi connectivity index (χ2v) is 20.6. The van der Waals surface area contributed by atoms with Crippen LogP contribution in [0.15, 0.2) is 48.6 Å². The van der Waals surface area contributed by atoms with Gasteiger partial charge in [0, 0.05) is 6.42 Å². The lowest BCUT2D eigenvalue weighted by Crippen LogP contribution is -2.45. The Kier molecular flexibility index (Phi) is 44.5. The lowest BCUT2D eigenvalue weighted by molar-refractivity contribution is -0.870. The van der Waals surface area contributed by atoms with Crippen LogP contribution in [0.1, 0.15) is 239 Å². The molecule has 0 aliphatic carbocycles. The minimum absolute atomic E-state index is 0.00486. The normalized spacial score (nSPS) is 14.5. The van der Waals surface area contributed by atoms with Gasteiger partial charge in [-0.05, 0) is 57.8 Å². The predicted molar refractivity (Wildman–Crippen MR) is 270 cm³/mol. The van der Waals surface area contributed by atoms with Gasteiger partial charge >= 0.3 is 0 Å². The fraction of sp³-hybridized carbons (Fsp3) is 0.833. The summed E-state index contributed by atoms with van der Waals surface area (Å²) in [4.78, 5) is 25.4. The number of allylic oxidation sites excluding steroid dienone is 7. The zero-order valence-electron chi connectivity index (χ0n) is 42.0. The number of rotatable bonds is 48. The van der Waals surface area contributed by atoms with Crippen LogP contribution < -0.4 is 10.2 Å². The van der Waals surface area contributed by atoms with E-state index in [0.717, 1.165) is 64.2 Å². The molecular formula is C54H103N2O6P. The average molecular weight is 907 g/mol. The van der Waals surface area contributed by atoms with Gasteiger partial charge in [0.05, 0.1) is 39.9 Å². The number of carbonyl (C=O) groups excluding carboxylic acids is 1. The first-order valence-electron chi connectivity index (χ1n) is 26.5. The van der Waals surface area contributed by atoms with Crippen molar-refractivity contribution in [2.75, 3.05) is 40.9 Å². The van der Waals surface area contributed by atoms with E-state index in [1.165, 1.54) is 154 Å². The van der Waals surface area contributed by atoms with Gasteiger partial charge in [-0.2, -0.15) is 0 Å². The van der Waals surface area contributed by atoms with Crippen molar-refractivity contribution in [3.05, 3.63) is 48.6 Å². The first-order chi connectivity index (χ1) is 30.5. The van der Waals surface area contributed by atoms with Crippen molar-refractivity contribution in [1.82, 2.24) is 5.32 Å². The molecule has 0 rings (SSSR count). The zero-order chi connectivity index (χ0) is 46.4. The number of carbonyl (C=O) groups is 1. The van der Waals surface area contributed by atoms with Crippen LogP contribution in [0.25, 0.3) is 0 Å². The molecule has 0 saturated heterocycles. The smallest absolute Gasteiger partial charge is 0.268 e. The molecule has 2 N–H and O–H groups in total. The van der Waals surface area contributed by atoms with Crippen molar-refractivity contribution in [3.63, 3.8) is 0 Å². The van der Waals surface area contributed by atoms with Crippen molar-refractivity contribution < 1.29 is 32.9 Å². The third-order valence-electron chi connectivity index (χ3n) is 11.8. The fourth-order valence-electron chi connectivity index (χ4n) is 7.57. The maximum Gasteiger partial charge on any atom is 0.268 e. The van der Waals surface area contributed by atoms with Crippen LogP contribution in [0.3, 0.4) is 0 Å². The quantitative estimate of drug-likeness (QED) is 0.0272. The molecule has 0 heterocycles. The third-order valence-corrected chi connectivity index (χ3v) is 12.7. The molecule has 0 radical (unpaired) electrons. The second kappa shape index (κ2) is 45.6. The summed E-state index contributed by atoms with van der Waals surface area (Å²) in [5.41, 5.74) is 0. The number of phosphoric acid groups is 1. The lowest BCUT2D eigenvalue weighted by atomic mass is 10.0. The van der Waals surface area contributed by atoms with Crippen molar-refractivity contribution >= 4 is 13.7 Å². The van der Waals surface area contributed by atoms with Crippen LogP contribution >= 0.6 is 7.82 Å². The molecule has 9 heteroatoms. The van der Waals surface area contributed by atoms with Gasteiger partial charge in [0.25, 0.3) is 7.82 Å². The van der Waals surface area contributed by atoms with Crippen LogP contribution in [-0.4, -0.2) is 68.5 Å². The number of hydrogen-bond acceptors (Lipinski definition) is 6. The Morgan fingerprint density at radius 2 is 0.921 bits per heavy atom. The van der Waals surface area contributed by atoms with E-state index >= 15 is 0 Å². The highest BCUT2D eigenvalue weighted by Gasteiger charge is 2.23. The van der Waals surface area contributed by atoms with E-state index in [4.69, 9.17) is 9.05 Å². The van der Waals surface area contributed by atoms with Gasteiger partial charge in [-0.15, -0.1) is 0 Å². The Balaban J connectivity index is 4.33. The van der Waals surface area contributed by atoms with Gasteiger partial charge in [0.2, 0.25) is 5.91 Å². The van der Waals surface area contributed by atoms with E-state index < -0.39 is 20.0 Å². The van der Waals surface area contributed by atoms with Crippen LogP contribution in [0.2, 0.25) is 0 Å². The molecule has 0 aliphatic heterocycles. The van der Waals surface area contributed by atoms with Crippen LogP contribution in [0.4, 0.5) is 0 Å².